The Morgan fingerprint density at radius 1 is 1.50 bits per heavy atom. The summed E-state index contributed by atoms with van der Waals surface area (Å²) in [5.41, 5.74) is 0. The fourth-order valence-electron chi connectivity index (χ4n) is 1.71. The van der Waals surface area contributed by atoms with Crippen LogP contribution >= 0.6 is 11.8 Å². The molecule has 2 atom stereocenters. The first-order valence-corrected chi connectivity index (χ1v) is 5.52. The summed E-state index contributed by atoms with van der Waals surface area (Å²) in [7, 11) is 0. The van der Waals surface area contributed by atoms with E-state index in [-0.39, 0.29) is 12.2 Å². The number of hydrogen-bond acceptors (Lipinski definition) is 3. The minimum Gasteiger partial charge on any atom is -0.340 e. The van der Waals surface area contributed by atoms with Gasteiger partial charge in [-0.3, -0.25) is 0 Å². The van der Waals surface area contributed by atoms with E-state index in [0.29, 0.717) is 0 Å². The van der Waals surface area contributed by atoms with Gasteiger partial charge in [0.05, 0.1) is 0 Å². The van der Waals surface area contributed by atoms with Gasteiger partial charge in [-0.05, 0) is 25.3 Å². The van der Waals surface area contributed by atoms with Crippen molar-refractivity contribution < 1.29 is 9.47 Å². The van der Waals surface area contributed by atoms with E-state index in [1.807, 2.05) is 31.4 Å². The quantitative estimate of drug-likeness (QED) is 0.698. The summed E-state index contributed by atoms with van der Waals surface area (Å²) < 4.78 is 11.5. The molecule has 0 aromatic heterocycles. The van der Waals surface area contributed by atoms with E-state index >= 15 is 0 Å². The molecule has 1 aliphatic carbocycles. The zero-order valence-corrected chi connectivity index (χ0v) is 9.21. The van der Waals surface area contributed by atoms with Gasteiger partial charge in [0.1, 0.15) is 12.2 Å². The Hall–Kier alpha value is -0.510. The van der Waals surface area contributed by atoms with E-state index in [2.05, 4.69) is 12.7 Å². The molecule has 0 radical (unpaired) electrons. The topological polar surface area (TPSA) is 18.5 Å². The van der Waals surface area contributed by atoms with E-state index in [1.54, 1.807) is 11.8 Å². The summed E-state index contributed by atoms with van der Waals surface area (Å²) in [5.74, 6) is -0.481. The predicted molar refractivity (Wildman–Crippen MR) is 58.8 cm³/mol. The Morgan fingerprint density at radius 2 is 2.29 bits per heavy atom. The molecule has 3 heteroatoms. The first kappa shape index (κ1) is 10.0. The Balaban J connectivity index is 2.19. The SMILES string of the molecule is C=CSC1=CC=C[C@@H]2OC(C)(C)O[C@H]12. The molecule has 14 heavy (non-hydrogen) atoms. The van der Waals surface area contributed by atoms with Crippen LogP contribution in [0.4, 0.5) is 0 Å². The maximum Gasteiger partial charge on any atom is 0.164 e. The fraction of sp³-hybridized carbons (Fsp3) is 0.455. The van der Waals surface area contributed by atoms with Gasteiger partial charge in [-0.1, -0.05) is 18.7 Å². The highest BCUT2D eigenvalue weighted by molar-refractivity contribution is 8.05. The van der Waals surface area contributed by atoms with E-state index < -0.39 is 5.79 Å². The van der Waals surface area contributed by atoms with Gasteiger partial charge in [0, 0.05) is 4.91 Å². The van der Waals surface area contributed by atoms with E-state index in [0.717, 1.165) is 4.91 Å². The van der Waals surface area contributed by atoms with Crippen LogP contribution < -0.4 is 0 Å². The molecule has 0 unspecified atom stereocenters. The molecule has 0 N–H and O–H groups in total. The van der Waals surface area contributed by atoms with Crippen LogP contribution in [-0.4, -0.2) is 18.0 Å². The molecular formula is C11H14O2S. The van der Waals surface area contributed by atoms with Crippen LogP contribution in [0.25, 0.3) is 0 Å². The third-order valence-corrected chi connectivity index (χ3v) is 3.00. The van der Waals surface area contributed by atoms with Gasteiger partial charge < -0.3 is 9.47 Å². The number of thioether (sulfide) groups is 1. The van der Waals surface area contributed by atoms with Gasteiger partial charge in [0.25, 0.3) is 0 Å². The smallest absolute Gasteiger partial charge is 0.164 e. The summed E-state index contributed by atoms with van der Waals surface area (Å²) >= 11 is 1.60. The normalized spacial score (nSPS) is 33.7. The monoisotopic (exact) mass is 210 g/mol. The second-order valence-electron chi connectivity index (χ2n) is 3.76. The first-order valence-electron chi connectivity index (χ1n) is 4.64. The lowest BCUT2D eigenvalue weighted by Gasteiger charge is -2.19. The second-order valence-corrected chi connectivity index (χ2v) is 4.80. The van der Waals surface area contributed by atoms with Crippen molar-refractivity contribution in [3.05, 3.63) is 35.1 Å². The van der Waals surface area contributed by atoms with E-state index in [4.69, 9.17) is 9.47 Å². The molecule has 1 aliphatic heterocycles. The van der Waals surface area contributed by atoms with Crippen molar-refractivity contribution >= 4 is 11.8 Å². The summed E-state index contributed by atoms with van der Waals surface area (Å²) in [6.45, 7) is 7.59. The molecule has 2 nitrogen and oxygen atoms in total. The van der Waals surface area contributed by atoms with Gasteiger partial charge in [0.15, 0.2) is 5.79 Å². The van der Waals surface area contributed by atoms with Gasteiger partial charge >= 0.3 is 0 Å². The summed E-state index contributed by atoms with van der Waals surface area (Å²) in [6, 6.07) is 0. The minimum absolute atomic E-state index is 0.0398. The molecule has 1 heterocycles. The maximum atomic E-state index is 5.81. The standard InChI is InChI=1S/C11H14O2S/c1-4-14-9-7-5-6-8-10(9)13-11(2,3)12-8/h4-8,10H,1H2,2-3H3/t8-,10-/m0/s1. The van der Waals surface area contributed by atoms with Crippen LogP contribution in [0, 0.1) is 0 Å². The zero-order valence-electron chi connectivity index (χ0n) is 8.40. The van der Waals surface area contributed by atoms with Crippen molar-refractivity contribution in [1.29, 1.82) is 0 Å². The van der Waals surface area contributed by atoms with Gasteiger partial charge in [-0.15, -0.1) is 11.8 Å². The summed E-state index contributed by atoms with van der Waals surface area (Å²) in [6.07, 6.45) is 6.19. The molecule has 0 aromatic carbocycles. The maximum absolute atomic E-state index is 5.81. The predicted octanol–water partition coefficient (Wildman–Crippen LogP) is 2.84. The minimum atomic E-state index is -0.481. The molecule has 76 valence electrons. The van der Waals surface area contributed by atoms with Gasteiger partial charge in [-0.2, -0.15) is 0 Å². The lowest BCUT2D eigenvalue weighted by atomic mass is 10.1. The largest absolute Gasteiger partial charge is 0.340 e. The molecule has 2 aliphatic rings. The number of fused-ring (bicyclic) bond motifs is 1. The zero-order chi connectivity index (χ0) is 10.2. The molecule has 2 rings (SSSR count). The van der Waals surface area contributed by atoms with Crippen molar-refractivity contribution in [3.63, 3.8) is 0 Å². The van der Waals surface area contributed by atoms with E-state index in [1.165, 1.54) is 0 Å². The molecular weight excluding hydrogens is 196 g/mol. The lowest BCUT2D eigenvalue weighted by Crippen LogP contribution is -2.23. The highest BCUT2D eigenvalue weighted by Crippen LogP contribution is 2.38. The number of allylic oxidation sites excluding steroid dienone is 2. The van der Waals surface area contributed by atoms with Crippen LogP contribution in [-0.2, 0) is 9.47 Å². The Morgan fingerprint density at radius 3 is 3.00 bits per heavy atom. The van der Waals surface area contributed by atoms with Crippen molar-refractivity contribution in [2.45, 2.75) is 31.8 Å². The molecule has 0 aromatic rings. The average molecular weight is 210 g/mol. The summed E-state index contributed by atoms with van der Waals surface area (Å²) in [4.78, 5) is 1.16. The van der Waals surface area contributed by atoms with Crippen LogP contribution in [0.15, 0.2) is 35.1 Å². The fourth-order valence-corrected chi connectivity index (χ4v) is 2.37. The van der Waals surface area contributed by atoms with E-state index in [9.17, 15) is 0 Å². The average Bonchev–Trinajstić information content (AvgIpc) is 2.41. The molecule has 1 fully saturated rings. The molecule has 0 amide bonds. The van der Waals surface area contributed by atoms with Crippen molar-refractivity contribution in [3.8, 4) is 0 Å². The third-order valence-electron chi connectivity index (χ3n) is 2.19. The highest BCUT2D eigenvalue weighted by atomic mass is 32.2. The lowest BCUT2D eigenvalue weighted by molar-refractivity contribution is -0.139. The Labute approximate surface area is 88.7 Å². The molecule has 0 saturated carbocycles. The van der Waals surface area contributed by atoms with Crippen LogP contribution in [0.3, 0.4) is 0 Å². The van der Waals surface area contributed by atoms with Crippen LogP contribution in [0.2, 0.25) is 0 Å². The second kappa shape index (κ2) is 3.57. The third kappa shape index (κ3) is 1.80. The highest BCUT2D eigenvalue weighted by Gasteiger charge is 2.42. The van der Waals surface area contributed by atoms with Crippen molar-refractivity contribution in [1.82, 2.24) is 0 Å². The van der Waals surface area contributed by atoms with Crippen LogP contribution in [0.5, 0.6) is 0 Å². The first-order chi connectivity index (χ1) is 6.62. The van der Waals surface area contributed by atoms with Gasteiger partial charge in [-0.25, -0.2) is 0 Å². The van der Waals surface area contributed by atoms with Crippen LogP contribution in [0.1, 0.15) is 13.8 Å². The van der Waals surface area contributed by atoms with Crippen molar-refractivity contribution in [2.75, 3.05) is 0 Å². The number of rotatable bonds is 2. The Kier molecular flexibility index (Phi) is 2.56. The molecule has 1 saturated heterocycles. The Bertz CT molecular complexity index is 304. The summed E-state index contributed by atoms with van der Waals surface area (Å²) in [5, 5.41) is 1.82. The molecule has 0 bridgehead atoms. The van der Waals surface area contributed by atoms with Gasteiger partial charge in [0.2, 0.25) is 0 Å². The number of ether oxygens (including phenoxy) is 2. The molecule has 0 spiro atoms. The number of hydrogen-bond donors (Lipinski definition) is 0. The van der Waals surface area contributed by atoms with Crippen molar-refractivity contribution in [2.24, 2.45) is 0 Å².